The largest absolute Gasteiger partial charge is 0.472 e. The molecule has 0 bridgehead atoms. The third-order valence-corrected chi connectivity index (χ3v) is 4.93. The van der Waals surface area contributed by atoms with Crippen molar-refractivity contribution >= 4 is 15.7 Å². The smallest absolute Gasteiger partial charge is 0.237 e. The molecular formula is C15H20N2O5S. The molecule has 23 heavy (non-hydrogen) atoms. The fourth-order valence-electron chi connectivity index (χ4n) is 3.12. The Balaban J connectivity index is 1.57. The van der Waals surface area contributed by atoms with Gasteiger partial charge in [-0.05, 0) is 12.5 Å². The number of aromatic nitrogens is 1. The highest BCUT2D eigenvalue weighted by molar-refractivity contribution is 7.91. The van der Waals surface area contributed by atoms with Crippen LogP contribution in [0.4, 0.5) is 0 Å². The van der Waals surface area contributed by atoms with Crippen LogP contribution >= 0.6 is 0 Å². The molecule has 0 saturated carbocycles. The second-order valence-electron chi connectivity index (χ2n) is 6.24. The molecule has 1 aromatic rings. The normalized spacial score (nSPS) is 27.5. The maximum atomic E-state index is 12.0. The SMILES string of the molecule is CS(=O)(=O)CC(=O)N1CC[C@]2(C[C@@H](Oc3ccccn3)CO2)C1. The summed E-state index contributed by atoms with van der Waals surface area (Å²) in [5.41, 5.74) is -0.424. The van der Waals surface area contributed by atoms with E-state index in [0.29, 0.717) is 38.4 Å². The Morgan fingerprint density at radius 1 is 1.52 bits per heavy atom. The fourth-order valence-corrected chi connectivity index (χ4v) is 3.75. The molecule has 1 aromatic heterocycles. The van der Waals surface area contributed by atoms with Gasteiger partial charge in [0.2, 0.25) is 11.8 Å². The van der Waals surface area contributed by atoms with Crippen molar-refractivity contribution in [1.29, 1.82) is 0 Å². The van der Waals surface area contributed by atoms with Gasteiger partial charge in [-0.25, -0.2) is 13.4 Å². The summed E-state index contributed by atoms with van der Waals surface area (Å²) in [5.74, 6) is -0.250. The highest BCUT2D eigenvalue weighted by Gasteiger charge is 2.47. The molecule has 0 unspecified atom stereocenters. The van der Waals surface area contributed by atoms with Crippen LogP contribution in [0.25, 0.3) is 0 Å². The number of carbonyl (C=O) groups is 1. The maximum Gasteiger partial charge on any atom is 0.237 e. The van der Waals surface area contributed by atoms with Crippen molar-refractivity contribution in [3.8, 4) is 5.88 Å². The number of rotatable bonds is 4. The molecule has 8 heteroatoms. The Kier molecular flexibility index (Phi) is 4.29. The third-order valence-electron chi connectivity index (χ3n) is 4.15. The zero-order valence-electron chi connectivity index (χ0n) is 13.0. The molecule has 2 atom stereocenters. The van der Waals surface area contributed by atoms with Crippen molar-refractivity contribution in [2.24, 2.45) is 0 Å². The van der Waals surface area contributed by atoms with E-state index in [9.17, 15) is 13.2 Å². The van der Waals surface area contributed by atoms with Gasteiger partial charge < -0.3 is 14.4 Å². The Bertz CT molecular complexity index is 678. The maximum absolute atomic E-state index is 12.0. The predicted molar refractivity (Wildman–Crippen MR) is 82.9 cm³/mol. The second kappa shape index (κ2) is 6.09. The minimum Gasteiger partial charge on any atom is -0.472 e. The van der Waals surface area contributed by atoms with E-state index in [4.69, 9.17) is 9.47 Å². The first-order valence-electron chi connectivity index (χ1n) is 7.52. The number of carbonyl (C=O) groups excluding carboxylic acids is 1. The van der Waals surface area contributed by atoms with Crippen LogP contribution in [0.3, 0.4) is 0 Å². The van der Waals surface area contributed by atoms with Crippen LogP contribution in [0, 0.1) is 0 Å². The van der Waals surface area contributed by atoms with Crippen molar-refractivity contribution in [2.45, 2.75) is 24.5 Å². The fraction of sp³-hybridized carbons (Fsp3) is 0.600. The minimum atomic E-state index is -3.31. The van der Waals surface area contributed by atoms with E-state index in [1.54, 1.807) is 17.2 Å². The molecule has 0 radical (unpaired) electrons. The molecule has 2 aliphatic heterocycles. The van der Waals surface area contributed by atoms with E-state index in [2.05, 4.69) is 4.98 Å². The van der Waals surface area contributed by atoms with Gasteiger partial charge in [-0.15, -0.1) is 0 Å². The average molecular weight is 340 g/mol. The number of likely N-dealkylation sites (tertiary alicyclic amines) is 1. The molecule has 3 rings (SSSR count). The van der Waals surface area contributed by atoms with Gasteiger partial charge in [-0.2, -0.15) is 0 Å². The molecule has 3 heterocycles. The van der Waals surface area contributed by atoms with Crippen LogP contribution in [-0.4, -0.2) is 67.6 Å². The standard InChI is InChI=1S/C15H20N2O5S/c1-23(19,20)10-14(18)17-7-5-15(11-17)8-12(9-21-15)22-13-4-2-3-6-16-13/h2-4,6,12H,5,7-11H2,1H3/t12-,15+/m1/s1. The number of nitrogens with zero attached hydrogens (tertiary/aromatic N) is 2. The lowest BCUT2D eigenvalue weighted by Gasteiger charge is -2.23. The topological polar surface area (TPSA) is 85.8 Å². The van der Waals surface area contributed by atoms with Crippen LogP contribution in [-0.2, 0) is 19.4 Å². The lowest BCUT2D eigenvalue weighted by atomic mass is 9.98. The highest BCUT2D eigenvalue weighted by atomic mass is 32.2. The average Bonchev–Trinajstić information content (AvgIpc) is 3.06. The summed E-state index contributed by atoms with van der Waals surface area (Å²) in [6.07, 6.45) is 4.01. The molecule has 0 aromatic carbocycles. The Morgan fingerprint density at radius 3 is 3.04 bits per heavy atom. The number of hydrogen-bond donors (Lipinski definition) is 0. The molecule has 2 fully saturated rings. The predicted octanol–water partition coefficient (Wildman–Crippen LogP) is 0.265. The Labute approximate surface area is 135 Å². The Morgan fingerprint density at radius 2 is 2.35 bits per heavy atom. The van der Waals surface area contributed by atoms with Crippen molar-refractivity contribution in [1.82, 2.24) is 9.88 Å². The first kappa shape index (κ1) is 16.2. The number of sulfone groups is 1. The molecule has 1 amide bonds. The lowest BCUT2D eigenvalue weighted by molar-refractivity contribution is -0.128. The van der Waals surface area contributed by atoms with E-state index in [-0.39, 0.29) is 12.0 Å². The van der Waals surface area contributed by atoms with Gasteiger partial charge in [0.05, 0.1) is 12.2 Å². The summed E-state index contributed by atoms with van der Waals surface area (Å²) in [5, 5.41) is 0. The first-order chi connectivity index (χ1) is 10.9. The van der Waals surface area contributed by atoms with Crippen molar-refractivity contribution in [3.05, 3.63) is 24.4 Å². The number of pyridine rings is 1. The Hall–Kier alpha value is -1.67. The summed E-state index contributed by atoms with van der Waals surface area (Å²) in [6, 6.07) is 5.47. The van der Waals surface area contributed by atoms with Crippen LogP contribution < -0.4 is 4.74 Å². The van der Waals surface area contributed by atoms with Gasteiger partial charge in [0.1, 0.15) is 11.9 Å². The zero-order chi connectivity index (χ0) is 16.5. The van der Waals surface area contributed by atoms with Crippen LogP contribution in [0.5, 0.6) is 5.88 Å². The van der Waals surface area contributed by atoms with Gasteiger partial charge in [-0.1, -0.05) is 6.07 Å². The van der Waals surface area contributed by atoms with Crippen molar-refractivity contribution in [3.63, 3.8) is 0 Å². The van der Waals surface area contributed by atoms with E-state index >= 15 is 0 Å². The molecule has 7 nitrogen and oxygen atoms in total. The van der Waals surface area contributed by atoms with E-state index in [0.717, 1.165) is 6.26 Å². The molecule has 0 N–H and O–H groups in total. The van der Waals surface area contributed by atoms with E-state index in [1.165, 1.54) is 0 Å². The van der Waals surface area contributed by atoms with E-state index in [1.807, 2.05) is 12.1 Å². The molecule has 2 aliphatic rings. The highest BCUT2D eigenvalue weighted by Crippen LogP contribution is 2.36. The minimum absolute atomic E-state index is 0.102. The van der Waals surface area contributed by atoms with E-state index < -0.39 is 21.2 Å². The third kappa shape index (κ3) is 4.00. The number of ether oxygens (including phenoxy) is 2. The zero-order valence-corrected chi connectivity index (χ0v) is 13.8. The summed E-state index contributed by atoms with van der Waals surface area (Å²) in [4.78, 5) is 17.7. The quantitative estimate of drug-likeness (QED) is 0.782. The lowest BCUT2D eigenvalue weighted by Crippen LogP contribution is -2.38. The molecular weight excluding hydrogens is 320 g/mol. The summed E-state index contributed by atoms with van der Waals surface area (Å²) < 4.78 is 34.2. The molecule has 2 saturated heterocycles. The summed E-state index contributed by atoms with van der Waals surface area (Å²) >= 11 is 0. The van der Waals surface area contributed by atoms with Crippen LogP contribution in [0.1, 0.15) is 12.8 Å². The van der Waals surface area contributed by atoms with Crippen LogP contribution in [0.2, 0.25) is 0 Å². The van der Waals surface area contributed by atoms with Gasteiger partial charge >= 0.3 is 0 Å². The summed E-state index contributed by atoms with van der Waals surface area (Å²) in [7, 11) is -3.31. The van der Waals surface area contributed by atoms with Gasteiger partial charge in [0, 0.05) is 38.0 Å². The molecule has 126 valence electrons. The number of hydrogen-bond acceptors (Lipinski definition) is 6. The van der Waals surface area contributed by atoms with Gasteiger partial charge in [-0.3, -0.25) is 4.79 Å². The monoisotopic (exact) mass is 340 g/mol. The molecule has 0 aliphatic carbocycles. The number of amides is 1. The molecule has 1 spiro atoms. The van der Waals surface area contributed by atoms with Gasteiger partial charge in [0.15, 0.2) is 9.84 Å². The van der Waals surface area contributed by atoms with Crippen molar-refractivity contribution < 1.29 is 22.7 Å². The first-order valence-corrected chi connectivity index (χ1v) is 9.58. The van der Waals surface area contributed by atoms with Crippen LogP contribution in [0.15, 0.2) is 24.4 Å². The second-order valence-corrected chi connectivity index (χ2v) is 8.38. The van der Waals surface area contributed by atoms with Gasteiger partial charge in [0.25, 0.3) is 0 Å². The summed E-state index contributed by atoms with van der Waals surface area (Å²) in [6.45, 7) is 1.39. The van der Waals surface area contributed by atoms with Crippen molar-refractivity contribution in [2.75, 3.05) is 31.7 Å².